The number of amides is 4. The van der Waals surface area contributed by atoms with Gasteiger partial charge in [-0.15, -0.1) is 0 Å². The molecule has 4 amide bonds. The Balaban J connectivity index is 1.46. The van der Waals surface area contributed by atoms with Crippen molar-refractivity contribution in [3.63, 3.8) is 0 Å². The third-order valence-electron chi connectivity index (χ3n) is 5.36. The van der Waals surface area contributed by atoms with Gasteiger partial charge in [0.1, 0.15) is 11.3 Å². The minimum absolute atomic E-state index is 0.222. The van der Waals surface area contributed by atoms with E-state index in [-0.39, 0.29) is 12.5 Å². The van der Waals surface area contributed by atoms with Gasteiger partial charge in [-0.2, -0.15) is 5.01 Å². The fraction of sp³-hybridized carbons (Fsp3) is 0.524. The minimum Gasteiger partial charge on any atom is -0.482 e. The van der Waals surface area contributed by atoms with Gasteiger partial charge in [0, 0.05) is 0 Å². The number of nitrogens with zero attached hydrogens (tertiary/aromatic N) is 1. The Morgan fingerprint density at radius 2 is 1.83 bits per heavy atom. The average Bonchev–Trinajstić information content (AvgIpc) is 2.95. The summed E-state index contributed by atoms with van der Waals surface area (Å²) in [6.07, 6.45) is 3.79. The standard InChI is InChI=1S/C21H27N3O6/c1-14(2)15-8-4-5-9-16(15)29-13-18(26)30-12-17(25)23-24-19(27)21(22-20(24)28)10-6-3-7-11-21/h4-5,8-9,14H,3,6-7,10-13H2,1-2H3,(H,22,28)(H,23,25). The number of carbonyl (C=O) groups is 4. The zero-order valence-corrected chi connectivity index (χ0v) is 17.2. The van der Waals surface area contributed by atoms with Crippen LogP contribution in [0.25, 0.3) is 0 Å². The predicted molar refractivity (Wildman–Crippen MR) is 106 cm³/mol. The number of para-hydroxylation sites is 1. The largest absolute Gasteiger partial charge is 0.482 e. The molecule has 3 rings (SSSR count). The Kier molecular flexibility index (Phi) is 6.59. The highest BCUT2D eigenvalue weighted by molar-refractivity contribution is 6.08. The molecular weight excluding hydrogens is 390 g/mol. The molecule has 0 bridgehead atoms. The van der Waals surface area contributed by atoms with Crippen molar-refractivity contribution in [2.75, 3.05) is 13.2 Å². The fourth-order valence-electron chi connectivity index (χ4n) is 3.79. The first-order valence-electron chi connectivity index (χ1n) is 10.2. The van der Waals surface area contributed by atoms with Crippen LogP contribution in [0.2, 0.25) is 0 Å². The van der Waals surface area contributed by atoms with Gasteiger partial charge in [-0.25, -0.2) is 9.59 Å². The number of ether oxygens (including phenoxy) is 2. The molecule has 9 heteroatoms. The zero-order valence-electron chi connectivity index (χ0n) is 17.2. The van der Waals surface area contributed by atoms with Gasteiger partial charge in [-0.05, 0) is 30.4 Å². The summed E-state index contributed by atoms with van der Waals surface area (Å²) < 4.78 is 10.4. The van der Waals surface area contributed by atoms with E-state index >= 15 is 0 Å². The first-order valence-corrected chi connectivity index (χ1v) is 10.2. The highest BCUT2D eigenvalue weighted by atomic mass is 16.6. The molecule has 1 saturated heterocycles. The lowest BCUT2D eigenvalue weighted by Crippen LogP contribution is -2.51. The molecule has 0 radical (unpaired) electrons. The van der Waals surface area contributed by atoms with Crippen molar-refractivity contribution in [1.29, 1.82) is 0 Å². The highest BCUT2D eigenvalue weighted by Gasteiger charge is 2.52. The number of urea groups is 1. The molecule has 1 aliphatic heterocycles. The smallest absolute Gasteiger partial charge is 0.344 e. The molecule has 1 aromatic carbocycles. The third-order valence-corrected chi connectivity index (χ3v) is 5.36. The van der Waals surface area contributed by atoms with Crippen molar-refractivity contribution in [1.82, 2.24) is 15.8 Å². The van der Waals surface area contributed by atoms with E-state index < -0.39 is 36.0 Å². The summed E-state index contributed by atoms with van der Waals surface area (Å²) in [4.78, 5) is 48.7. The molecule has 30 heavy (non-hydrogen) atoms. The lowest BCUT2D eigenvalue weighted by atomic mass is 9.82. The molecule has 2 N–H and O–H groups in total. The maximum Gasteiger partial charge on any atom is 0.344 e. The molecule has 1 heterocycles. The molecule has 0 unspecified atom stereocenters. The Hall–Kier alpha value is -3.10. The van der Waals surface area contributed by atoms with Gasteiger partial charge in [-0.1, -0.05) is 51.3 Å². The van der Waals surface area contributed by atoms with Crippen LogP contribution in [0.1, 0.15) is 57.4 Å². The minimum atomic E-state index is -0.934. The number of rotatable bonds is 7. The van der Waals surface area contributed by atoms with Crippen LogP contribution in [-0.4, -0.2) is 47.6 Å². The summed E-state index contributed by atoms with van der Waals surface area (Å²) in [5.41, 5.74) is 2.24. The van der Waals surface area contributed by atoms with Crippen molar-refractivity contribution < 1.29 is 28.7 Å². The van der Waals surface area contributed by atoms with E-state index in [0.29, 0.717) is 23.6 Å². The first-order chi connectivity index (χ1) is 14.3. The van der Waals surface area contributed by atoms with Gasteiger partial charge < -0.3 is 14.8 Å². The van der Waals surface area contributed by atoms with Crippen molar-refractivity contribution >= 4 is 23.8 Å². The zero-order chi connectivity index (χ0) is 21.7. The molecule has 2 fully saturated rings. The van der Waals surface area contributed by atoms with Crippen molar-refractivity contribution in [2.45, 2.75) is 57.4 Å². The second-order valence-electron chi connectivity index (χ2n) is 7.89. The van der Waals surface area contributed by atoms with E-state index in [0.717, 1.165) is 24.8 Å². The van der Waals surface area contributed by atoms with Crippen LogP contribution < -0.4 is 15.5 Å². The summed E-state index contributed by atoms with van der Waals surface area (Å²) in [6, 6.07) is 6.69. The Labute approximate surface area is 175 Å². The number of esters is 1. The number of hydrazine groups is 1. The highest BCUT2D eigenvalue weighted by Crippen LogP contribution is 2.33. The van der Waals surface area contributed by atoms with Crippen molar-refractivity contribution in [3.8, 4) is 5.75 Å². The topological polar surface area (TPSA) is 114 Å². The van der Waals surface area contributed by atoms with E-state index in [9.17, 15) is 19.2 Å². The Morgan fingerprint density at radius 1 is 1.13 bits per heavy atom. The van der Waals surface area contributed by atoms with Gasteiger partial charge in [0.15, 0.2) is 13.2 Å². The van der Waals surface area contributed by atoms with E-state index in [1.54, 1.807) is 12.1 Å². The monoisotopic (exact) mass is 417 g/mol. The van der Waals surface area contributed by atoms with Crippen LogP contribution in [0.15, 0.2) is 24.3 Å². The molecule has 0 aromatic heterocycles. The molecule has 162 valence electrons. The maximum absolute atomic E-state index is 12.6. The van der Waals surface area contributed by atoms with Gasteiger partial charge >= 0.3 is 12.0 Å². The Bertz CT molecular complexity index is 832. The molecular formula is C21H27N3O6. The lowest BCUT2D eigenvalue weighted by Gasteiger charge is -2.30. The van der Waals surface area contributed by atoms with E-state index in [1.165, 1.54) is 0 Å². The summed E-state index contributed by atoms with van der Waals surface area (Å²) in [5.74, 6) is -1.18. The summed E-state index contributed by atoms with van der Waals surface area (Å²) in [7, 11) is 0. The van der Waals surface area contributed by atoms with Crippen LogP contribution in [-0.2, 0) is 19.1 Å². The lowest BCUT2D eigenvalue weighted by molar-refractivity contribution is -0.152. The fourth-order valence-corrected chi connectivity index (χ4v) is 3.79. The van der Waals surface area contributed by atoms with Gasteiger partial charge in [-0.3, -0.25) is 15.0 Å². The first kappa shape index (κ1) is 21.6. The molecule has 1 aromatic rings. The third kappa shape index (κ3) is 4.72. The predicted octanol–water partition coefficient (Wildman–Crippen LogP) is 2.02. The maximum atomic E-state index is 12.6. The van der Waals surface area contributed by atoms with Crippen molar-refractivity contribution in [2.24, 2.45) is 0 Å². The van der Waals surface area contributed by atoms with Crippen LogP contribution in [0.3, 0.4) is 0 Å². The van der Waals surface area contributed by atoms with Crippen LogP contribution in [0, 0.1) is 0 Å². The van der Waals surface area contributed by atoms with E-state index in [2.05, 4.69) is 10.7 Å². The molecule has 2 aliphatic rings. The van der Waals surface area contributed by atoms with Crippen molar-refractivity contribution in [3.05, 3.63) is 29.8 Å². The molecule has 9 nitrogen and oxygen atoms in total. The van der Waals surface area contributed by atoms with Crippen LogP contribution >= 0.6 is 0 Å². The van der Waals surface area contributed by atoms with Crippen LogP contribution in [0.5, 0.6) is 5.75 Å². The number of carbonyl (C=O) groups excluding carboxylic acids is 4. The molecule has 1 spiro atoms. The molecule has 0 atom stereocenters. The molecule has 1 aliphatic carbocycles. The number of hydrogen-bond acceptors (Lipinski definition) is 6. The second-order valence-corrected chi connectivity index (χ2v) is 7.89. The number of imide groups is 1. The number of benzene rings is 1. The van der Waals surface area contributed by atoms with Gasteiger partial charge in [0.25, 0.3) is 11.8 Å². The van der Waals surface area contributed by atoms with E-state index in [1.807, 2.05) is 26.0 Å². The van der Waals surface area contributed by atoms with Gasteiger partial charge in [0.05, 0.1) is 0 Å². The Morgan fingerprint density at radius 3 is 2.53 bits per heavy atom. The average molecular weight is 417 g/mol. The SMILES string of the molecule is CC(C)c1ccccc1OCC(=O)OCC(=O)NN1C(=O)NC2(CCCCC2)C1=O. The van der Waals surface area contributed by atoms with Gasteiger partial charge in [0.2, 0.25) is 0 Å². The summed E-state index contributed by atoms with van der Waals surface area (Å²) in [5, 5.41) is 3.36. The summed E-state index contributed by atoms with van der Waals surface area (Å²) >= 11 is 0. The van der Waals surface area contributed by atoms with Crippen LogP contribution in [0.4, 0.5) is 4.79 Å². The number of hydrogen-bond donors (Lipinski definition) is 2. The molecule has 1 saturated carbocycles. The normalized spacial score (nSPS) is 17.8. The second kappa shape index (κ2) is 9.15. The van der Waals surface area contributed by atoms with E-state index in [4.69, 9.17) is 9.47 Å². The quantitative estimate of drug-likeness (QED) is 0.518. The summed E-state index contributed by atoms with van der Waals surface area (Å²) in [6.45, 7) is 3.04. The number of nitrogens with one attached hydrogen (secondary N) is 2.